The first-order chi connectivity index (χ1) is 14.0. The van der Waals surface area contributed by atoms with Crippen molar-refractivity contribution in [2.24, 2.45) is 4.99 Å². The van der Waals surface area contributed by atoms with Crippen LogP contribution in [0.15, 0.2) is 88.8 Å². The number of para-hydroxylation sites is 1. The van der Waals surface area contributed by atoms with E-state index in [9.17, 15) is 8.42 Å². The second-order valence-corrected chi connectivity index (χ2v) is 8.74. The Balaban J connectivity index is 1.57. The molecule has 0 unspecified atom stereocenters. The van der Waals surface area contributed by atoms with Crippen LogP contribution < -0.4 is 4.72 Å². The fraction of sp³-hybridized carbons (Fsp3) is 0.174. The summed E-state index contributed by atoms with van der Waals surface area (Å²) in [7, 11) is -3.70. The van der Waals surface area contributed by atoms with Gasteiger partial charge in [-0.25, -0.2) is 13.4 Å². The lowest BCUT2D eigenvalue weighted by molar-refractivity contribution is 0.317. The van der Waals surface area contributed by atoms with Crippen LogP contribution in [0.4, 0.5) is 5.69 Å². The molecule has 1 aliphatic heterocycles. The van der Waals surface area contributed by atoms with Crippen molar-refractivity contribution in [1.29, 1.82) is 0 Å². The fourth-order valence-electron chi connectivity index (χ4n) is 3.23. The second kappa shape index (κ2) is 8.09. The Morgan fingerprint density at radius 2 is 1.66 bits per heavy atom. The molecule has 0 bridgehead atoms. The summed E-state index contributed by atoms with van der Waals surface area (Å²) in [6.07, 6.45) is 0.779. The van der Waals surface area contributed by atoms with Gasteiger partial charge in [0.2, 0.25) is 5.90 Å². The van der Waals surface area contributed by atoms with E-state index in [0.29, 0.717) is 23.8 Å². The largest absolute Gasteiger partial charge is 0.475 e. The lowest BCUT2D eigenvalue weighted by Crippen LogP contribution is -2.16. The van der Waals surface area contributed by atoms with Crippen molar-refractivity contribution in [3.05, 3.63) is 95.6 Å². The summed E-state index contributed by atoms with van der Waals surface area (Å²) < 4.78 is 34.1. The van der Waals surface area contributed by atoms with Crippen molar-refractivity contribution in [3.63, 3.8) is 0 Å². The van der Waals surface area contributed by atoms with Crippen LogP contribution in [0.2, 0.25) is 0 Å². The molecule has 1 atom stereocenters. The van der Waals surface area contributed by atoms with Gasteiger partial charge in [0.05, 0.1) is 22.2 Å². The zero-order chi connectivity index (χ0) is 20.3. The third-order valence-electron chi connectivity index (χ3n) is 4.76. The molecule has 0 aliphatic carbocycles. The molecule has 3 aromatic rings. The zero-order valence-corrected chi connectivity index (χ0v) is 16.9. The van der Waals surface area contributed by atoms with Gasteiger partial charge < -0.3 is 4.74 Å². The number of aryl methyl sites for hydroxylation is 1. The first-order valence-electron chi connectivity index (χ1n) is 9.45. The standard InChI is InChI=1S/C23H22N2O3S/c1-17-11-13-20(14-12-17)29(26,27)25-22-10-6-5-9-21(22)23-24-19(16-28-23)15-18-7-3-2-4-8-18/h2-14,19,25H,15-16H2,1H3/t19-/m1/s1. The van der Waals surface area contributed by atoms with Gasteiger partial charge in [0.25, 0.3) is 10.0 Å². The summed E-state index contributed by atoms with van der Waals surface area (Å²) in [6.45, 7) is 2.39. The Hall–Kier alpha value is -3.12. The lowest BCUT2D eigenvalue weighted by atomic mass is 10.1. The highest BCUT2D eigenvalue weighted by Gasteiger charge is 2.24. The van der Waals surface area contributed by atoms with Crippen LogP contribution in [-0.2, 0) is 21.2 Å². The average molecular weight is 407 g/mol. The normalized spacial score (nSPS) is 16.2. The molecule has 0 saturated heterocycles. The smallest absolute Gasteiger partial charge is 0.261 e. The molecule has 148 valence electrons. The molecular formula is C23H22N2O3S. The monoisotopic (exact) mass is 406 g/mol. The highest BCUT2D eigenvalue weighted by molar-refractivity contribution is 7.92. The minimum Gasteiger partial charge on any atom is -0.475 e. The van der Waals surface area contributed by atoms with Gasteiger partial charge in [-0.3, -0.25) is 4.72 Å². The van der Waals surface area contributed by atoms with E-state index in [1.54, 1.807) is 36.4 Å². The number of anilines is 1. The minimum absolute atomic E-state index is 0.00848. The van der Waals surface area contributed by atoms with Gasteiger partial charge in [0, 0.05) is 0 Å². The van der Waals surface area contributed by atoms with Crippen LogP contribution in [-0.4, -0.2) is 27.0 Å². The summed E-state index contributed by atoms with van der Waals surface area (Å²) in [6, 6.07) is 24.0. The maximum absolute atomic E-state index is 12.8. The summed E-state index contributed by atoms with van der Waals surface area (Å²) in [5.41, 5.74) is 3.29. The van der Waals surface area contributed by atoms with Crippen molar-refractivity contribution in [3.8, 4) is 0 Å². The number of nitrogens with zero attached hydrogens (tertiary/aromatic N) is 1. The summed E-state index contributed by atoms with van der Waals surface area (Å²) in [5.74, 6) is 0.466. The fourth-order valence-corrected chi connectivity index (χ4v) is 4.31. The van der Waals surface area contributed by atoms with Crippen molar-refractivity contribution < 1.29 is 13.2 Å². The molecule has 0 aromatic heterocycles. The minimum atomic E-state index is -3.70. The van der Waals surface area contributed by atoms with Crippen molar-refractivity contribution >= 4 is 21.6 Å². The van der Waals surface area contributed by atoms with Crippen LogP contribution >= 0.6 is 0 Å². The number of benzene rings is 3. The van der Waals surface area contributed by atoms with Crippen LogP contribution in [0.25, 0.3) is 0 Å². The Morgan fingerprint density at radius 1 is 0.966 bits per heavy atom. The van der Waals surface area contributed by atoms with Crippen LogP contribution in [0.1, 0.15) is 16.7 Å². The van der Waals surface area contributed by atoms with Crippen LogP contribution in [0.3, 0.4) is 0 Å². The summed E-state index contributed by atoms with van der Waals surface area (Å²) in [5, 5.41) is 0. The maximum atomic E-state index is 12.8. The van der Waals surface area contributed by atoms with Gasteiger partial charge >= 0.3 is 0 Å². The number of aliphatic imine (C=N–C) groups is 1. The number of nitrogens with one attached hydrogen (secondary N) is 1. The molecule has 0 radical (unpaired) electrons. The Labute approximate surface area is 171 Å². The van der Waals surface area contributed by atoms with Crippen molar-refractivity contribution in [2.75, 3.05) is 11.3 Å². The number of hydrogen-bond acceptors (Lipinski definition) is 4. The topological polar surface area (TPSA) is 67.8 Å². The lowest BCUT2D eigenvalue weighted by Gasteiger charge is -2.12. The third-order valence-corrected chi connectivity index (χ3v) is 6.14. The van der Waals surface area contributed by atoms with E-state index in [4.69, 9.17) is 4.74 Å². The Kier molecular flexibility index (Phi) is 5.36. The highest BCUT2D eigenvalue weighted by Crippen LogP contribution is 2.24. The van der Waals surface area contributed by atoms with E-state index in [1.807, 2.05) is 37.3 Å². The summed E-state index contributed by atoms with van der Waals surface area (Å²) >= 11 is 0. The molecule has 4 rings (SSSR count). The Bertz CT molecular complexity index is 1120. The number of sulfonamides is 1. The molecule has 0 amide bonds. The van der Waals surface area contributed by atoms with E-state index < -0.39 is 10.0 Å². The SMILES string of the molecule is Cc1ccc(S(=O)(=O)Nc2ccccc2C2=N[C@H](Cc3ccccc3)CO2)cc1. The van der Waals surface area contributed by atoms with Crippen LogP contribution in [0.5, 0.6) is 0 Å². The van der Waals surface area contributed by atoms with E-state index in [1.165, 1.54) is 5.56 Å². The molecule has 0 spiro atoms. The van der Waals surface area contributed by atoms with E-state index in [2.05, 4.69) is 21.8 Å². The van der Waals surface area contributed by atoms with Gasteiger partial charge in [0.15, 0.2) is 0 Å². The van der Waals surface area contributed by atoms with Crippen LogP contribution in [0, 0.1) is 6.92 Å². The molecular weight excluding hydrogens is 384 g/mol. The van der Waals surface area contributed by atoms with Crippen molar-refractivity contribution in [1.82, 2.24) is 0 Å². The molecule has 29 heavy (non-hydrogen) atoms. The van der Waals surface area contributed by atoms with Gasteiger partial charge in [0.1, 0.15) is 6.61 Å². The third kappa shape index (κ3) is 4.49. The molecule has 1 heterocycles. The molecule has 6 heteroatoms. The first kappa shape index (κ1) is 19.2. The van der Waals surface area contributed by atoms with E-state index >= 15 is 0 Å². The van der Waals surface area contributed by atoms with E-state index in [-0.39, 0.29) is 10.9 Å². The average Bonchev–Trinajstić information content (AvgIpc) is 3.17. The van der Waals surface area contributed by atoms with Gasteiger partial charge in [-0.05, 0) is 43.2 Å². The van der Waals surface area contributed by atoms with Gasteiger partial charge in [-0.2, -0.15) is 0 Å². The predicted molar refractivity (Wildman–Crippen MR) is 115 cm³/mol. The number of ether oxygens (including phenoxy) is 1. The first-order valence-corrected chi connectivity index (χ1v) is 10.9. The highest BCUT2D eigenvalue weighted by atomic mass is 32.2. The maximum Gasteiger partial charge on any atom is 0.261 e. The van der Waals surface area contributed by atoms with Gasteiger partial charge in [-0.1, -0.05) is 60.2 Å². The molecule has 3 aromatic carbocycles. The van der Waals surface area contributed by atoms with Crippen molar-refractivity contribution in [2.45, 2.75) is 24.3 Å². The quantitative estimate of drug-likeness (QED) is 0.668. The van der Waals surface area contributed by atoms with Gasteiger partial charge in [-0.15, -0.1) is 0 Å². The predicted octanol–water partition coefficient (Wildman–Crippen LogP) is 4.18. The molecule has 5 nitrogen and oxygen atoms in total. The molecule has 1 aliphatic rings. The van der Waals surface area contributed by atoms with E-state index in [0.717, 1.165) is 12.0 Å². The number of rotatable bonds is 6. The molecule has 1 N–H and O–H groups in total. The molecule has 0 fully saturated rings. The second-order valence-electron chi connectivity index (χ2n) is 7.05. The Morgan fingerprint density at radius 3 is 2.41 bits per heavy atom. The number of hydrogen-bond donors (Lipinski definition) is 1. The molecule has 0 saturated carbocycles. The summed E-state index contributed by atoms with van der Waals surface area (Å²) in [4.78, 5) is 4.90. The zero-order valence-electron chi connectivity index (χ0n) is 16.1.